The summed E-state index contributed by atoms with van der Waals surface area (Å²) in [7, 11) is 2.39. The molecule has 0 bridgehead atoms. The van der Waals surface area contributed by atoms with Gasteiger partial charge in [-0.15, -0.1) is 0 Å². The van der Waals surface area contributed by atoms with Crippen molar-refractivity contribution >= 4 is 0 Å². The lowest BCUT2D eigenvalue weighted by atomic mass is 9.82. The fraction of sp³-hybridized carbons (Fsp3) is 1.00. The van der Waals surface area contributed by atoms with Crippen LogP contribution in [0.4, 0.5) is 0 Å². The van der Waals surface area contributed by atoms with E-state index >= 15 is 0 Å². The first-order valence-electron chi connectivity index (χ1n) is 5.71. The van der Waals surface area contributed by atoms with E-state index in [9.17, 15) is 5.11 Å². The lowest BCUT2D eigenvalue weighted by molar-refractivity contribution is -0.947. The number of aliphatic hydroxyl groups is 1. The fourth-order valence-corrected chi connectivity index (χ4v) is 3.45. The minimum absolute atomic E-state index is 0. The second-order valence-electron chi connectivity index (χ2n) is 5.07. The van der Waals surface area contributed by atoms with Crippen LogP contribution in [0.15, 0.2) is 0 Å². The Morgan fingerprint density at radius 2 is 1.86 bits per heavy atom. The molecule has 3 heteroatoms. The topological polar surface area (TPSA) is 20.2 Å². The van der Waals surface area contributed by atoms with Crippen molar-refractivity contribution in [2.24, 2.45) is 5.92 Å². The average Bonchev–Trinajstić information content (AvgIpc) is 2.15. The maximum Gasteiger partial charge on any atom is 0.0939 e. The fourth-order valence-electron chi connectivity index (χ4n) is 3.45. The lowest BCUT2D eigenvalue weighted by Crippen LogP contribution is -3.00. The minimum atomic E-state index is 0. The Hall–Kier alpha value is 0.650. The van der Waals surface area contributed by atoms with Crippen LogP contribution < -0.4 is 24.0 Å². The van der Waals surface area contributed by atoms with Crippen LogP contribution in [0.2, 0.25) is 0 Å². The molecular weight excluding hydrogens is 289 g/mol. The van der Waals surface area contributed by atoms with Crippen molar-refractivity contribution in [2.45, 2.75) is 38.1 Å². The lowest BCUT2D eigenvalue weighted by Gasteiger charge is -2.50. The van der Waals surface area contributed by atoms with Crippen LogP contribution in [0.1, 0.15) is 32.1 Å². The van der Waals surface area contributed by atoms with Crippen molar-refractivity contribution in [3.8, 4) is 0 Å². The summed E-state index contributed by atoms with van der Waals surface area (Å²) in [5.41, 5.74) is 0. The highest BCUT2D eigenvalue weighted by Crippen LogP contribution is 2.35. The van der Waals surface area contributed by atoms with E-state index in [1.807, 2.05) is 0 Å². The molecule has 0 aromatic heterocycles. The number of nitrogens with zero attached hydrogens (tertiary/aromatic N) is 1. The van der Waals surface area contributed by atoms with Gasteiger partial charge in [-0.25, -0.2) is 0 Å². The monoisotopic (exact) mass is 311 g/mol. The van der Waals surface area contributed by atoms with E-state index in [-0.39, 0.29) is 24.0 Å². The zero-order chi connectivity index (χ0) is 9.31. The van der Waals surface area contributed by atoms with Gasteiger partial charge in [0.05, 0.1) is 32.8 Å². The van der Waals surface area contributed by atoms with E-state index in [2.05, 4.69) is 7.05 Å². The van der Waals surface area contributed by atoms with Crippen LogP contribution >= 0.6 is 0 Å². The predicted octanol–water partition coefficient (Wildman–Crippen LogP) is -1.61. The molecule has 2 saturated heterocycles. The van der Waals surface area contributed by atoms with Gasteiger partial charge in [0.25, 0.3) is 0 Å². The van der Waals surface area contributed by atoms with E-state index in [0.29, 0.717) is 12.5 Å². The van der Waals surface area contributed by atoms with Gasteiger partial charge in [0, 0.05) is 12.3 Å². The van der Waals surface area contributed by atoms with Gasteiger partial charge >= 0.3 is 0 Å². The van der Waals surface area contributed by atoms with Crippen molar-refractivity contribution in [1.29, 1.82) is 0 Å². The SMILES string of the molecule is C[N+]12CCCC[C@@H]1[C@H](CO)CCC2.[I-]. The summed E-state index contributed by atoms with van der Waals surface area (Å²) < 4.78 is 1.26. The zero-order valence-electron chi connectivity index (χ0n) is 9.08. The molecule has 0 aromatic rings. The van der Waals surface area contributed by atoms with Crippen LogP contribution in [0, 0.1) is 5.92 Å². The van der Waals surface area contributed by atoms with E-state index in [0.717, 1.165) is 6.04 Å². The van der Waals surface area contributed by atoms with Gasteiger partial charge in [-0.1, -0.05) is 0 Å². The minimum Gasteiger partial charge on any atom is -1.00 e. The number of piperidine rings is 2. The first kappa shape index (κ1) is 12.7. The summed E-state index contributed by atoms with van der Waals surface area (Å²) >= 11 is 0. The summed E-state index contributed by atoms with van der Waals surface area (Å²) in [5.74, 6) is 0.596. The Balaban J connectivity index is 0.000000980. The molecule has 0 spiro atoms. The molecule has 0 radical (unpaired) electrons. The number of aliphatic hydroxyl groups excluding tert-OH is 1. The Morgan fingerprint density at radius 1 is 1.14 bits per heavy atom. The molecule has 3 atom stereocenters. The van der Waals surface area contributed by atoms with E-state index in [4.69, 9.17) is 0 Å². The molecule has 1 N–H and O–H groups in total. The van der Waals surface area contributed by atoms with Crippen molar-refractivity contribution < 1.29 is 33.6 Å². The average molecular weight is 311 g/mol. The third-order valence-electron chi connectivity index (χ3n) is 4.24. The highest BCUT2D eigenvalue weighted by atomic mass is 127. The van der Waals surface area contributed by atoms with E-state index < -0.39 is 0 Å². The van der Waals surface area contributed by atoms with Crippen LogP contribution in [-0.2, 0) is 0 Å². The van der Waals surface area contributed by atoms with E-state index in [1.54, 1.807) is 0 Å². The number of hydrogen-bond donors (Lipinski definition) is 1. The van der Waals surface area contributed by atoms with Gasteiger partial charge < -0.3 is 33.6 Å². The van der Waals surface area contributed by atoms with Gasteiger partial charge in [-0.2, -0.15) is 0 Å². The Kier molecular flexibility index (Phi) is 4.65. The Labute approximate surface area is 104 Å². The van der Waals surface area contributed by atoms with Crippen LogP contribution in [0.5, 0.6) is 0 Å². The standard InChI is InChI=1S/C11H22NO.HI/c1-12-7-3-2-6-11(12)10(9-13)5-4-8-12;/h10-11,13H,2-9H2,1H3;1H/q+1;/p-1/t10-,11+,12?;/m0./s1. The Morgan fingerprint density at radius 3 is 2.57 bits per heavy atom. The Bertz CT molecular complexity index is 184. The molecule has 84 valence electrons. The van der Waals surface area contributed by atoms with E-state index in [1.165, 1.54) is 49.7 Å². The highest BCUT2D eigenvalue weighted by molar-refractivity contribution is 4.77. The summed E-state index contributed by atoms with van der Waals surface area (Å²) in [6.45, 7) is 3.11. The first-order valence-corrected chi connectivity index (χ1v) is 5.71. The normalized spacial score (nSPS) is 42.4. The van der Waals surface area contributed by atoms with Gasteiger partial charge in [0.1, 0.15) is 0 Å². The molecular formula is C11H22INO. The molecule has 2 fully saturated rings. The molecule has 0 saturated carbocycles. The van der Waals surface area contributed by atoms with Gasteiger partial charge in [0.2, 0.25) is 0 Å². The van der Waals surface area contributed by atoms with Crippen LogP contribution in [-0.4, -0.2) is 42.4 Å². The zero-order valence-corrected chi connectivity index (χ0v) is 11.2. The third-order valence-corrected chi connectivity index (χ3v) is 4.24. The first-order chi connectivity index (χ1) is 6.26. The number of halogens is 1. The summed E-state index contributed by atoms with van der Waals surface area (Å²) in [6, 6.07) is 0.771. The van der Waals surface area contributed by atoms with Crippen LogP contribution in [0.3, 0.4) is 0 Å². The summed E-state index contributed by atoms with van der Waals surface area (Å²) in [6.07, 6.45) is 6.70. The predicted molar refractivity (Wildman–Crippen MR) is 53.4 cm³/mol. The second-order valence-corrected chi connectivity index (χ2v) is 5.07. The molecule has 2 aliphatic heterocycles. The largest absolute Gasteiger partial charge is 1.00 e. The molecule has 0 aliphatic carbocycles. The number of hydrogen-bond acceptors (Lipinski definition) is 1. The van der Waals surface area contributed by atoms with Crippen molar-refractivity contribution in [3.05, 3.63) is 0 Å². The molecule has 1 unspecified atom stereocenters. The van der Waals surface area contributed by atoms with Gasteiger partial charge in [-0.05, 0) is 25.7 Å². The summed E-state index contributed by atoms with van der Waals surface area (Å²) in [5, 5.41) is 9.33. The quantitative estimate of drug-likeness (QED) is 0.456. The molecule has 0 amide bonds. The van der Waals surface area contributed by atoms with Gasteiger partial charge in [-0.3, -0.25) is 0 Å². The molecule has 2 nitrogen and oxygen atoms in total. The summed E-state index contributed by atoms with van der Waals surface area (Å²) in [4.78, 5) is 0. The molecule has 14 heavy (non-hydrogen) atoms. The second kappa shape index (κ2) is 5.12. The molecule has 0 aromatic carbocycles. The molecule has 2 aliphatic rings. The number of quaternary nitrogens is 1. The number of fused-ring (bicyclic) bond motifs is 1. The smallest absolute Gasteiger partial charge is 0.0939 e. The molecule has 2 heterocycles. The van der Waals surface area contributed by atoms with Crippen LogP contribution in [0.25, 0.3) is 0 Å². The third kappa shape index (κ3) is 2.25. The van der Waals surface area contributed by atoms with Crippen molar-refractivity contribution in [1.82, 2.24) is 0 Å². The maximum atomic E-state index is 9.33. The van der Waals surface area contributed by atoms with Crippen molar-refractivity contribution in [2.75, 3.05) is 26.7 Å². The van der Waals surface area contributed by atoms with Crippen molar-refractivity contribution in [3.63, 3.8) is 0 Å². The van der Waals surface area contributed by atoms with Gasteiger partial charge in [0.15, 0.2) is 0 Å². The highest BCUT2D eigenvalue weighted by Gasteiger charge is 2.42. The number of rotatable bonds is 1. The molecule has 2 rings (SSSR count). The maximum absolute atomic E-state index is 9.33.